The molecule has 3 saturated heterocycles. The number of halogens is 5. The lowest BCUT2D eigenvalue weighted by molar-refractivity contribution is -0.138. The molecule has 3 aliphatic rings. The normalized spacial score (nSPS) is 22.1. The van der Waals surface area contributed by atoms with Gasteiger partial charge >= 0.3 is 12.1 Å². The highest BCUT2D eigenvalue weighted by atomic mass is 32.1. The van der Waals surface area contributed by atoms with Crippen LogP contribution in [0.1, 0.15) is 45.1 Å². The van der Waals surface area contributed by atoms with Crippen molar-refractivity contribution in [1.82, 2.24) is 14.8 Å². The number of amides is 1. The molecule has 3 aliphatic heterocycles. The number of alkyl halides is 3. The van der Waals surface area contributed by atoms with Gasteiger partial charge in [-0.05, 0) is 62.2 Å². The molecule has 0 radical (unpaired) electrons. The van der Waals surface area contributed by atoms with Gasteiger partial charge in [-0.1, -0.05) is 25.2 Å². The van der Waals surface area contributed by atoms with Crippen molar-refractivity contribution in [1.29, 1.82) is 0 Å². The molecule has 1 amide bonds. The van der Waals surface area contributed by atoms with Crippen LogP contribution in [0.25, 0.3) is 32.1 Å². The molecule has 4 N–H and O–H groups in total. The summed E-state index contributed by atoms with van der Waals surface area (Å²) in [5, 5.41) is 5.34. The van der Waals surface area contributed by atoms with Crippen LogP contribution in [0.15, 0.2) is 30.3 Å². The molecule has 4 aromatic rings. The van der Waals surface area contributed by atoms with Crippen LogP contribution >= 0.6 is 20.6 Å². The molecule has 0 saturated carbocycles. The van der Waals surface area contributed by atoms with Gasteiger partial charge in [-0.15, -0.1) is 9.24 Å². The first-order valence-electron chi connectivity index (χ1n) is 16.7. The van der Waals surface area contributed by atoms with E-state index in [1.165, 1.54) is 6.07 Å². The third-order valence-electron chi connectivity index (χ3n) is 10.1. The fourth-order valence-corrected chi connectivity index (χ4v) is 9.27. The Kier molecular flexibility index (Phi) is 10.0. The van der Waals surface area contributed by atoms with Gasteiger partial charge in [-0.25, -0.2) is 13.8 Å². The van der Waals surface area contributed by atoms with Crippen molar-refractivity contribution in [2.75, 3.05) is 50.5 Å². The maximum absolute atomic E-state index is 17.0. The molecular weight excluding hydrogens is 694 g/mol. The van der Waals surface area contributed by atoms with Crippen LogP contribution in [0, 0.1) is 11.6 Å². The Hall–Kier alpha value is -3.61. The number of fused-ring (bicyclic) bond motifs is 3. The summed E-state index contributed by atoms with van der Waals surface area (Å²) in [6, 6.07) is 5.86. The second-order valence-electron chi connectivity index (χ2n) is 13.0. The van der Waals surface area contributed by atoms with Gasteiger partial charge in [-0.2, -0.15) is 13.2 Å². The summed E-state index contributed by atoms with van der Waals surface area (Å²) in [7, 11) is 4.61. The summed E-state index contributed by atoms with van der Waals surface area (Å²) in [6.45, 7) is 6.93. The van der Waals surface area contributed by atoms with Gasteiger partial charge in [0.1, 0.15) is 24.0 Å². The molecule has 268 valence electrons. The van der Waals surface area contributed by atoms with E-state index in [-0.39, 0.29) is 55.7 Å². The van der Waals surface area contributed by atoms with Crippen molar-refractivity contribution in [2.24, 2.45) is 0 Å². The number of thiazole rings is 1. The third kappa shape index (κ3) is 6.39. The fraction of sp³-hybridized carbons (Fsp3) is 0.457. The van der Waals surface area contributed by atoms with Gasteiger partial charge in [0.25, 0.3) is 0 Å². The Labute approximate surface area is 293 Å². The first-order valence-corrected chi connectivity index (χ1v) is 18.2. The molecule has 0 bridgehead atoms. The molecule has 1 aromatic heterocycles. The van der Waals surface area contributed by atoms with Gasteiger partial charge in [-0.3, -0.25) is 15.1 Å². The Balaban J connectivity index is 0.00000212. The van der Waals surface area contributed by atoms with Crippen LogP contribution in [-0.4, -0.2) is 84.0 Å². The number of nitrogens with two attached hydrogens (primary N) is 2. The van der Waals surface area contributed by atoms with E-state index in [0.717, 1.165) is 68.1 Å². The molecular formula is C35H41F5N6O2PS+. The molecule has 3 fully saturated rings. The first kappa shape index (κ1) is 36.2. The average molecular weight is 736 g/mol. The monoisotopic (exact) mass is 735 g/mol. The number of anilines is 2. The quantitative estimate of drug-likeness (QED) is 0.143. The summed E-state index contributed by atoms with van der Waals surface area (Å²) >= 11 is 0.781. The summed E-state index contributed by atoms with van der Waals surface area (Å²) in [5.74, 6) is -1.88. The largest absolute Gasteiger partial charge is 0.492 e. The number of nitrogen functional groups attached to an aromatic ring is 1. The van der Waals surface area contributed by atoms with Crippen LogP contribution in [0.5, 0.6) is 5.75 Å². The highest BCUT2D eigenvalue weighted by Crippen LogP contribution is 2.48. The number of benzene rings is 3. The van der Waals surface area contributed by atoms with Crippen molar-refractivity contribution in [3.8, 4) is 16.9 Å². The van der Waals surface area contributed by atoms with Crippen LogP contribution < -0.4 is 20.8 Å². The van der Waals surface area contributed by atoms with Crippen LogP contribution in [0.3, 0.4) is 0 Å². The topological polar surface area (TPSA) is 101 Å². The number of carbonyl (C=O) groups is 1. The van der Waals surface area contributed by atoms with Gasteiger partial charge in [0.05, 0.1) is 21.3 Å². The molecule has 0 aliphatic carbocycles. The minimum atomic E-state index is -4.98. The van der Waals surface area contributed by atoms with E-state index < -0.39 is 28.9 Å². The predicted molar refractivity (Wildman–Crippen MR) is 192 cm³/mol. The SMILES string of the molecule is CC.CN(c1cc(OCC23CCCN2CC(P)C3)cc2c(F)c(-c3ccc(F)c4sc(N)nc34)c(C(F)(F)F)cc12)C1CCN(C(=O)C=[NH2+])C1. The molecule has 4 unspecified atom stereocenters. The minimum absolute atomic E-state index is 0.0243. The highest BCUT2D eigenvalue weighted by Gasteiger charge is 2.48. The maximum Gasteiger partial charge on any atom is 0.417 e. The zero-order valence-electron chi connectivity index (χ0n) is 28.1. The van der Waals surface area contributed by atoms with E-state index in [9.17, 15) is 22.4 Å². The van der Waals surface area contributed by atoms with Crippen molar-refractivity contribution < 1.29 is 36.9 Å². The van der Waals surface area contributed by atoms with Crippen molar-refractivity contribution in [2.45, 2.75) is 62.9 Å². The molecule has 8 nitrogen and oxygen atoms in total. The smallest absolute Gasteiger partial charge is 0.417 e. The number of ether oxygens (including phenoxy) is 1. The lowest BCUT2D eigenvalue weighted by Crippen LogP contribution is -2.43. The molecule has 0 spiro atoms. The van der Waals surface area contributed by atoms with Crippen molar-refractivity contribution in [3.63, 3.8) is 0 Å². The number of hydrogen-bond acceptors (Lipinski definition) is 7. The second-order valence-corrected chi connectivity index (χ2v) is 15.0. The maximum atomic E-state index is 17.0. The number of aromatic nitrogens is 1. The van der Waals surface area contributed by atoms with E-state index >= 15 is 4.39 Å². The van der Waals surface area contributed by atoms with E-state index in [2.05, 4.69) is 19.1 Å². The number of likely N-dealkylation sites (N-methyl/N-ethyl adjacent to an activating group) is 1. The van der Waals surface area contributed by atoms with Gasteiger partial charge in [0.15, 0.2) is 5.13 Å². The Bertz CT molecular complexity index is 1960. The van der Waals surface area contributed by atoms with Crippen LogP contribution in [0.4, 0.5) is 32.8 Å². The molecule has 4 atom stereocenters. The average Bonchev–Trinajstić information content (AvgIpc) is 3.87. The Morgan fingerprint density at radius 3 is 2.68 bits per heavy atom. The van der Waals surface area contributed by atoms with Crippen LogP contribution in [0.2, 0.25) is 0 Å². The van der Waals surface area contributed by atoms with Gasteiger partial charge < -0.3 is 20.3 Å². The van der Waals surface area contributed by atoms with E-state index in [1.54, 1.807) is 22.9 Å². The van der Waals surface area contributed by atoms with E-state index in [4.69, 9.17) is 15.9 Å². The second kappa shape index (κ2) is 13.8. The summed E-state index contributed by atoms with van der Waals surface area (Å²) in [4.78, 5) is 22.1. The third-order valence-corrected chi connectivity index (χ3v) is 11.5. The Morgan fingerprint density at radius 1 is 1.20 bits per heavy atom. The summed E-state index contributed by atoms with van der Waals surface area (Å²) in [6.07, 6.45) is -0.556. The van der Waals surface area contributed by atoms with Crippen molar-refractivity contribution >= 4 is 64.5 Å². The van der Waals surface area contributed by atoms with Crippen molar-refractivity contribution in [3.05, 3.63) is 47.5 Å². The summed E-state index contributed by atoms with van der Waals surface area (Å²) in [5.41, 5.74) is 4.06. The zero-order valence-corrected chi connectivity index (χ0v) is 30.1. The first-order chi connectivity index (χ1) is 23.8. The lowest BCUT2D eigenvalue weighted by atomic mass is 9.92. The Morgan fingerprint density at radius 2 is 1.96 bits per heavy atom. The fourth-order valence-electron chi connectivity index (χ4n) is 7.82. The molecule has 3 aromatic carbocycles. The van der Waals surface area contributed by atoms with Crippen LogP contribution in [-0.2, 0) is 11.0 Å². The molecule has 7 rings (SSSR count). The molecule has 50 heavy (non-hydrogen) atoms. The predicted octanol–water partition coefficient (Wildman–Crippen LogP) is 5.75. The zero-order chi connectivity index (χ0) is 36.1. The number of likely N-dealkylation sites (tertiary alicyclic amines) is 1. The minimum Gasteiger partial charge on any atom is -0.492 e. The molecule has 15 heteroatoms. The van der Waals surface area contributed by atoms with E-state index in [1.807, 2.05) is 13.8 Å². The standard InChI is InChI=1S/C33H34F5N6O2PS.C2H6/c1-42(17-5-8-43(14-17)26(45)13-39)25-10-18(46-16-32-6-2-7-44(32)15-19(47)12-32)9-22-21(25)11-23(33(36,37)38)27(28(22)35)20-3-4-24(34)30-29(20)41-31(40)48-30;1-2/h3-4,9-11,13,17,19,39H,2,5-8,12,14-16,47H2,1H3,(H2,40,41);1-2H3/p+1. The number of carbonyl (C=O) groups excluding carboxylic acids is 1. The lowest BCUT2D eigenvalue weighted by Gasteiger charge is -2.32. The van der Waals surface area contributed by atoms with E-state index in [0.29, 0.717) is 36.7 Å². The number of nitrogens with zero attached hydrogens (tertiary/aromatic N) is 4. The van der Waals surface area contributed by atoms with Gasteiger partial charge in [0.2, 0.25) is 6.21 Å². The van der Waals surface area contributed by atoms with Gasteiger partial charge in [0, 0.05) is 66.4 Å². The summed E-state index contributed by atoms with van der Waals surface area (Å²) < 4.78 is 82.7. The molecule has 4 heterocycles. The highest BCUT2D eigenvalue weighted by molar-refractivity contribution is 7.22. The number of rotatable bonds is 7. The number of hydrogen-bond donors (Lipinski definition) is 2.